The maximum Gasteiger partial charge on any atom is 0.224 e. The predicted octanol–water partition coefficient (Wildman–Crippen LogP) is 3.43. The van der Waals surface area contributed by atoms with Gasteiger partial charge in [0.15, 0.2) is 11.5 Å². The van der Waals surface area contributed by atoms with Crippen LogP contribution in [0.15, 0.2) is 42.5 Å². The molecule has 0 fully saturated rings. The molecular weight excluding hydrogens is 364 g/mol. The van der Waals surface area contributed by atoms with E-state index in [-0.39, 0.29) is 30.3 Å². The highest BCUT2D eigenvalue weighted by Gasteiger charge is 2.20. The highest BCUT2D eigenvalue weighted by molar-refractivity contribution is 5.85. The Bertz CT molecular complexity index is 752. The van der Waals surface area contributed by atoms with Crippen molar-refractivity contribution in [1.29, 1.82) is 0 Å². The lowest BCUT2D eigenvalue weighted by Crippen LogP contribution is -2.36. The summed E-state index contributed by atoms with van der Waals surface area (Å²) in [5, 5.41) is 3.13. The molecule has 0 heterocycles. The fourth-order valence-corrected chi connectivity index (χ4v) is 2.80. The number of aryl methyl sites for hydroxylation is 1. The van der Waals surface area contributed by atoms with Crippen LogP contribution in [-0.2, 0) is 11.2 Å². The standard InChI is InChI=1S/C21H28N2O3.ClH/c1-14-7-5-6-8-16(14)11-18(23-21(24)15(2)13-22)17-9-10-19(25-3)20(12-17)26-4;/h5-10,12,15,18H,11,13,22H2,1-4H3,(H,23,24);1H. The van der Waals surface area contributed by atoms with E-state index in [1.165, 1.54) is 11.1 Å². The highest BCUT2D eigenvalue weighted by atomic mass is 35.5. The molecule has 148 valence electrons. The minimum atomic E-state index is -0.241. The molecule has 2 unspecified atom stereocenters. The normalized spacial score (nSPS) is 12.5. The lowest BCUT2D eigenvalue weighted by Gasteiger charge is -2.23. The van der Waals surface area contributed by atoms with E-state index in [1.54, 1.807) is 14.2 Å². The van der Waals surface area contributed by atoms with Crippen LogP contribution in [0, 0.1) is 12.8 Å². The molecule has 0 aliphatic heterocycles. The first-order valence-corrected chi connectivity index (χ1v) is 8.77. The Balaban J connectivity index is 0.00000364. The molecule has 0 radical (unpaired) electrons. The number of carbonyl (C=O) groups is 1. The number of hydrogen-bond acceptors (Lipinski definition) is 4. The van der Waals surface area contributed by atoms with Gasteiger partial charge in [-0.15, -0.1) is 12.4 Å². The van der Waals surface area contributed by atoms with E-state index < -0.39 is 0 Å². The summed E-state index contributed by atoms with van der Waals surface area (Å²) in [6.07, 6.45) is 0.686. The molecule has 0 aromatic heterocycles. The van der Waals surface area contributed by atoms with Gasteiger partial charge in [-0.3, -0.25) is 4.79 Å². The summed E-state index contributed by atoms with van der Waals surface area (Å²) in [4.78, 5) is 12.5. The van der Waals surface area contributed by atoms with Crippen molar-refractivity contribution in [1.82, 2.24) is 5.32 Å². The van der Waals surface area contributed by atoms with Crippen molar-refractivity contribution >= 4 is 18.3 Å². The number of nitrogens with one attached hydrogen (secondary N) is 1. The Morgan fingerprint density at radius 3 is 2.37 bits per heavy atom. The number of benzene rings is 2. The van der Waals surface area contributed by atoms with E-state index in [0.29, 0.717) is 24.5 Å². The number of halogens is 1. The number of nitrogens with two attached hydrogens (primary N) is 1. The summed E-state index contributed by atoms with van der Waals surface area (Å²) >= 11 is 0. The largest absolute Gasteiger partial charge is 0.493 e. The number of amides is 1. The summed E-state index contributed by atoms with van der Waals surface area (Å²) in [5.74, 6) is 1.00. The van der Waals surface area contributed by atoms with Crippen molar-refractivity contribution < 1.29 is 14.3 Å². The van der Waals surface area contributed by atoms with Crippen molar-refractivity contribution in [3.05, 3.63) is 59.2 Å². The molecule has 2 rings (SSSR count). The van der Waals surface area contributed by atoms with Gasteiger partial charge in [-0.05, 0) is 42.2 Å². The molecule has 3 N–H and O–H groups in total. The van der Waals surface area contributed by atoms with Gasteiger partial charge in [-0.25, -0.2) is 0 Å². The van der Waals surface area contributed by atoms with Crippen LogP contribution in [0.5, 0.6) is 11.5 Å². The highest BCUT2D eigenvalue weighted by Crippen LogP contribution is 2.31. The minimum absolute atomic E-state index is 0. The SMILES string of the molecule is COc1ccc(C(Cc2ccccc2C)NC(=O)C(C)CN)cc1OC.Cl. The molecule has 0 bridgehead atoms. The van der Waals surface area contributed by atoms with Crippen molar-refractivity contribution in [2.45, 2.75) is 26.3 Å². The number of hydrogen-bond donors (Lipinski definition) is 2. The molecule has 1 amide bonds. The van der Waals surface area contributed by atoms with Crippen LogP contribution < -0.4 is 20.5 Å². The Morgan fingerprint density at radius 2 is 1.78 bits per heavy atom. The molecule has 5 nitrogen and oxygen atoms in total. The molecule has 0 spiro atoms. The maximum absolute atomic E-state index is 12.5. The second-order valence-electron chi connectivity index (χ2n) is 6.44. The van der Waals surface area contributed by atoms with Gasteiger partial charge in [-0.2, -0.15) is 0 Å². The van der Waals surface area contributed by atoms with E-state index in [4.69, 9.17) is 15.2 Å². The third-order valence-electron chi connectivity index (χ3n) is 4.61. The predicted molar refractivity (Wildman–Crippen MR) is 111 cm³/mol. The summed E-state index contributed by atoms with van der Waals surface area (Å²) in [6, 6.07) is 13.7. The van der Waals surface area contributed by atoms with Crippen LogP contribution in [0.1, 0.15) is 29.7 Å². The Labute approximate surface area is 167 Å². The first-order valence-electron chi connectivity index (χ1n) is 8.77. The van der Waals surface area contributed by atoms with Gasteiger partial charge in [0, 0.05) is 12.5 Å². The Kier molecular flexibility index (Phi) is 9.12. The van der Waals surface area contributed by atoms with Crippen molar-refractivity contribution in [2.24, 2.45) is 11.7 Å². The average molecular weight is 393 g/mol. The summed E-state index contributed by atoms with van der Waals surface area (Å²) < 4.78 is 10.7. The van der Waals surface area contributed by atoms with Crippen molar-refractivity contribution in [2.75, 3.05) is 20.8 Å². The van der Waals surface area contributed by atoms with Crippen molar-refractivity contribution in [3.8, 4) is 11.5 Å². The molecule has 2 aromatic rings. The first kappa shape index (κ1) is 22.8. The molecule has 0 aliphatic rings. The quantitative estimate of drug-likeness (QED) is 0.721. The lowest BCUT2D eigenvalue weighted by molar-refractivity contribution is -0.125. The maximum atomic E-state index is 12.5. The van der Waals surface area contributed by atoms with Gasteiger partial charge in [-0.1, -0.05) is 37.3 Å². The van der Waals surface area contributed by atoms with Crippen LogP contribution in [0.2, 0.25) is 0 Å². The van der Waals surface area contributed by atoms with Gasteiger partial charge in [0.1, 0.15) is 0 Å². The number of carbonyl (C=O) groups excluding carboxylic acids is 1. The van der Waals surface area contributed by atoms with Gasteiger partial charge < -0.3 is 20.5 Å². The van der Waals surface area contributed by atoms with E-state index >= 15 is 0 Å². The van der Waals surface area contributed by atoms with Gasteiger partial charge in [0.05, 0.1) is 20.3 Å². The monoisotopic (exact) mass is 392 g/mol. The van der Waals surface area contributed by atoms with Crippen LogP contribution in [0.25, 0.3) is 0 Å². The van der Waals surface area contributed by atoms with Crippen LogP contribution in [0.3, 0.4) is 0 Å². The number of ether oxygens (including phenoxy) is 2. The second kappa shape index (κ2) is 10.8. The fraction of sp³-hybridized carbons (Fsp3) is 0.381. The zero-order valence-corrected chi connectivity index (χ0v) is 17.1. The number of methoxy groups -OCH3 is 2. The van der Waals surface area contributed by atoms with Gasteiger partial charge >= 0.3 is 0 Å². The van der Waals surface area contributed by atoms with E-state index in [9.17, 15) is 4.79 Å². The molecule has 2 atom stereocenters. The van der Waals surface area contributed by atoms with Gasteiger partial charge in [0.25, 0.3) is 0 Å². The van der Waals surface area contributed by atoms with Crippen LogP contribution in [0.4, 0.5) is 0 Å². The third kappa shape index (κ3) is 5.88. The average Bonchev–Trinajstić information content (AvgIpc) is 2.67. The zero-order chi connectivity index (χ0) is 19.1. The zero-order valence-electron chi connectivity index (χ0n) is 16.3. The van der Waals surface area contributed by atoms with Crippen LogP contribution >= 0.6 is 12.4 Å². The number of rotatable bonds is 8. The Hall–Kier alpha value is -2.24. The summed E-state index contributed by atoms with van der Waals surface area (Å²) in [6.45, 7) is 4.22. The van der Waals surface area contributed by atoms with Crippen LogP contribution in [-0.4, -0.2) is 26.7 Å². The molecule has 0 saturated heterocycles. The van der Waals surface area contributed by atoms with E-state index in [1.807, 2.05) is 37.3 Å². The first-order chi connectivity index (χ1) is 12.5. The lowest BCUT2D eigenvalue weighted by atomic mass is 9.95. The molecule has 0 aliphatic carbocycles. The summed E-state index contributed by atoms with van der Waals surface area (Å²) in [5.41, 5.74) is 8.99. The van der Waals surface area contributed by atoms with E-state index in [0.717, 1.165) is 5.56 Å². The molecule has 0 saturated carbocycles. The molecule has 2 aromatic carbocycles. The summed E-state index contributed by atoms with van der Waals surface area (Å²) in [7, 11) is 3.21. The third-order valence-corrected chi connectivity index (χ3v) is 4.61. The topological polar surface area (TPSA) is 73.6 Å². The van der Waals surface area contributed by atoms with Crippen molar-refractivity contribution in [3.63, 3.8) is 0 Å². The minimum Gasteiger partial charge on any atom is -0.493 e. The fourth-order valence-electron chi connectivity index (χ4n) is 2.80. The second-order valence-corrected chi connectivity index (χ2v) is 6.44. The molecule has 6 heteroatoms. The van der Waals surface area contributed by atoms with Gasteiger partial charge in [0.2, 0.25) is 5.91 Å². The van der Waals surface area contributed by atoms with E-state index in [2.05, 4.69) is 24.4 Å². The Morgan fingerprint density at radius 1 is 1.11 bits per heavy atom. The molecular formula is C21H29ClN2O3. The molecule has 27 heavy (non-hydrogen) atoms. The smallest absolute Gasteiger partial charge is 0.224 e.